The summed E-state index contributed by atoms with van der Waals surface area (Å²) in [5.74, 6) is 1.10. The lowest BCUT2D eigenvalue weighted by Crippen LogP contribution is -2.42. The fourth-order valence-corrected chi connectivity index (χ4v) is 3.17. The number of piperidine rings is 1. The van der Waals surface area contributed by atoms with E-state index in [1.165, 1.54) is 23.6 Å². The van der Waals surface area contributed by atoms with Crippen LogP contribution in [-0.4, -0.2) is 43.1 Å². The number of hydrogen-bond acceptors (Lipinski definition) is 4. The first-order chi connectivity index (χ1) is 10.2. The summed E-state index contributed by atoms with van der Waals surface area (Å²) >= 11 is 0. The lowest BCUT2D eigenvalue weighted by atomic mass is 10.0. The molecule has 0 saturated carbocycles. The van der Waals surface area contributed by atoms with Gasteiger partial charge in [-0.2, -0.15) is 0 Å². The van der Waals surface area contributed by atoms with Crippen LogP contribution in [0.3, 0.4) is 0 Å². The molecule has 21 heavy (non-hydrogen) atoms. The van der Waals surface area contributed by atoms with Crippen molar-refractivity contribution in [2.45, 2.75) is 25.4 Å². The van der Waals surface area contributed by atoms with Gasteiger partial charge in [0.05, 0.1) is 5.69 Å². The van der Waals surface area contributed by atoms with E-state index in [1.54, 1.807) is 0 Å². The van der Waals surface area contributed by atoms with E-state index in [1.807, 2.05) is 0 Å². The predicted molar refractivity (Wildman–Crippen MR) is 88.6 cm³/mol. The van der Waals surface area contributed by atoms with Crippen LogP contribution in [0.2, 0.25) is 0 Å². The van der Waals surface area contributed by atoms with Crippen LogP contribution in [0.25, 0.3) is 10.8 Å². The van der Waals surface area contributed by atoms with Crippen molar-refractivity contribution in [3.05, 3.63) is 36.0 Å². The van der Waals surface area contributed by atoms with Gasteiger partial charge in [-0.1, -0.05) is 24.3 Å². The Bertz CT molecular complexity index is 615. The molecule has 1 aliphatic rings. The molecule has 1 aliphatic heterocycles. The molecular formula is C17H24N4. The fraction of sp³-hybridized carbons (Fsp3) is 0.471. The third-order valence-corrected chi connectivity index (χ3v) is 4.48. The van der Waals surface area contributed by atoms with E-state index >= 15 is 0 Å². The molecule has 2 aromatic rings. The van der Waals surface area contributed by atoms with Crippen molar-refractivity contribution >= 4 is 16.6 Å². The second-order valence-electron chi connectivity index (χ2n) is 6.04. The molecule has 2 N–H and O–H groups in total. The molecule has 1 fully saturated rings. The van der Waals surface area contributed by atoms with Gasteiger partial charge in [-0.3, -0.25) is 0 Å². The van der Waals surface area contributed by atoms with E-state index in [4.69, 9.17) is 10.7 Å². The van der Waals surface area contributed by atoms with Gasteiger partial charge in [0.25, 0.3) is 0 Å². The van der Waals surface area contributed by atoms with Gasteiger partial charge in [-0.15, -0.1) is 0 Å². The smallest absolute Gasteiger partial charge is 0.136 e. The van der Waals surface area contributed by atoms with Crippen molar-refractivity contribution in [3.8, 4) is 0 Å². The molecule has 0 atom stereocenters. The van der Waals surface area contributed by atoms with Crippen LogP contribution in [0.5, 0.6) is 0 Å². The maximum Gasteiger partial charge on any atom is 0.136 e. The summed E-state index contributed by atoms with van der Waals surface area (Å²) in [6.07, 6.45) is 2.38. The Morgan fingerprint density at radius 2 is 1.95 bits per heavy atom. The SMILES string of the molecule is CN(C)C1CCN(c2nc(CN)cc3ccccc23)CC1. The quantitative estimate of drug-likeness (QED) is 0.939. The molecule has 0 unspecified atom stereocenters. The molecule has 0 radical (unpaired) electrons. The molecule has 112 valence electrons. The second kappa shape index (κ2) is 6.00. The van der Waals surface area contributed by atoms with E-state index in [9.17, 15) is 0 Å². The van der Waals surface area contributed by atoms with Crippen molar-refractivity contribution in [2.75, 3.05) is 32.1 Å². The van der Waals surface area contributed by atoms with Crippen molar-refractivity contribution in [1.29, 1.82) is 0 Å². The van der Waals surface area contributed by atoms with Gasteiger partial charge in [-0.25, -0.2) is 4.98 Å². The minimum absolute atomic E-state index is 0.492. The van der Waals surface area contributed by atoms with Gasteiger partial charge in [0.1, 0.15) is 5.82 Å². The van der Waals surface area contributed by atoms with Gasteiger partial charge in [0.15, 0.2) is 0 Å². The van der Waals surface area contributed by atoms with Gasteiger partial charge in [-0.05, 0) is 38.4 Å². The Balaban J connectivity index is 1.93. The molecule has 2 heterocycles. The molecule has 1 aromatic heterocycles. The normalized spacial score (nSPS) is 16.9. The molecule has 4 nitrogen and oxygen atoms in total. The highest BCUT2D eigenvalue weighted by Crippen LogP contribution is 2.28. The summed E-state index contributed by atoms with van der Waals surface area (Å²) in [5.41, 5.74) is 6.78. The number of rotatable bonds is 3. The Hall–Kier alpha value is -1.65. The number of hydrogen-bond donors (Lipinski definition) is 1. The first-order valence-corrected chi connectivity index (χ1v) is 7.69. The zero-order chi connectivity index (χ0) is 14.8. The minimum Gasteiger partial charge on any atom is -0.356 e. The predicted octanol–water partition coefficient (Wildman–Crippen LogP) is 2.22. The van der Waals surface area contributed by atoms with Crippen molar-refractivity contribution in [3.63, 3.8) is 0 Å². The van der Waals surface area contributed by atoms with Gasteiger partial charge in [0, 0.05) is 31.1 Å². The summed E-state index contributed by atoms with van der Waals surface area (Å²) in [4.78, 5) is 9.55. The van der Waals surface area contributed by atoms with Crippen molar-refractivity contribution < 1.29 is 0 Å². The second-order valence-corrected chi connectivity index (χ2v) is 6.04. The Morgan fingerprint density at radius 3 is 2.62 bits per heavy atom. The number of nitrogens with two attached hydrogens (primary N) is 1. The Kier molecular flexibility index (Phi) is 4.08. The average molecular weight is 284 g/mol. The lowest BCUT2D eigenvalue weighted by Gasteiger charge is -2.36. The molecule has 1 saturated heterocycles. The molecule has 4 heteroatoms. The summed E-state index contributed by atoms with van der Waals surface area (Å²) in [6.45, 7) is 2.62. The topological polar surface area (TPSA) is 45.4 Å². The van der Waals surface area contributed by atoms with Crippen LogP contribution >= 0.6 is 0 Å². The van der Waals surface area contributed by atoms with Crippen LogP contribution in [0, 0.1) is 0 Å². The number of pyridine rings is 1. The van der Waals surface area contributed by atoms with Gasteiger partial charge >= 0.3 is 0 Å². The van der Waals surface area contributed by atoms with E-state index in [2.05, 4.69) is 54.2 Å². The van der Waals surface area contributed by atoms with Crippen molar-refractivity contribution in [2.24, 2.45) is 5.73 Å². The number of benzene rings is 1. The first kappa shape index (κ1) is 14.3. The number of fused-ring (bicyclic) bond motifs is 1. The van der Waals surface area contributed by atoms with Crippen LogP contribution in [-0.2, 0) is 6.54 Å². The largest absolute Gasteiger partial charge is 0.356 e. The number of aromatic nitrogens is 1. The van der Waals surface area contributed by atoms with Gasteiger partial charge < -0.3 is 15.5 Å². The molecule has 1 aromatic carbocycles. The highest BCUT2D eigenvalue weighted by molar-refractivity contribution is 5.92. The molecule has 0 bridgehead atoms. The summed E-state index contributed by atoms with van der Waals surface area (Å²) in [7, 11) is 4.34. The maximum absolute atomic E-state index is 5.81. The summed E-state index contributed by atoms with van der Waals surface area (Å²) in [6, 6.07) is 11.3. The zero-order valence-electron chi connectivity index (χ0n) is 12.9. The molecule has 0 aliphatic carbocycles. The Labute approximate surface area is 126 Å². The standard InChI is InChI=1S/C17H24N4/c1-20(2)15-7-9-21(10-8-15)17-16-6-4-3-5-13(16)11-14(12-18)19-17/h3-6,11,15H,7-10,12,18H2,1-2H3. The third-order valence-electron chi connectivity index (χ3n) is 4.48. The van der Waals surface area contributed by atoms with Crippen LogP contribution in [0.4, 0.5) is 5.82 Å². The highest BCUT2D eigenvalue weighted by Gasteiger charge is 2.22. The summed E-state index contributed by atoms with van der Waals surface area (Å²) < 4.78 is 0. The van der Waals surface area contributed by atoms with Gasteiger partial charge in [0.2, 0.25) is 0 Å². The maximum atomic E-state index is 5.81. The van der Waals surface area contributed by atoms with E-state index in [0.717, 1.165) is 24.6 Å². The molecule has 3 rings (SSSR count). The van der Waals surface area contributed by atoms with E-state index in [0.29, 0.717) is 12.6 Å². The third kappa shape index (κ3) is 2.87. The van der Waals surface area contributed by atoms with Crippen molar-refractivity contribution in [1.82, 2.24) is 9.88 Å². The average Bonchev–Trinajstić information content (AvgIpc) is 2.53. The monoisotopic (exact) mass is 284 g/mol. The van der Waals surface area contributed by atoms with Crippen LogP contribution in [0.15, 0.2) is 30.3 Å². The van der Waals surface area contributed by atoms with E-state index < -0.39 is 0 Å². The number of anilines is 1. The highest BCUT2D eigenvalue weighted by atomic mass is 15.2. The zero-order valence-corrected chi connectivity index (χ0v) is 12.9. The first-order valence-electron chi connectivity index (χ1n) is 7.69. The molecule has 0 spiro atoms. The molecule has 0 amide bonds. The molecular weight excluding hydrogens is 260 g/mol. The van der Waals surface area contributed by atoms with E-state index in [-0.39, 0.29) is 0 Å². The number of nitrogens with zero attached hydrogens (tertiary/aromatic N) is 3. The summed E-state index contributed by atoms with van der Waals surface area (Å²) in [5, 5.41) is 2.47. The minimum atomic E-state index is 0.492. The van der Waals surface area contributed by atoms with Crippen LogP contribution in [0.1, 0.15) is 18.5 Å². The lowest BCUT2D eigenvalue weighted by molar-refractivity contribution is 0.249. The Morgan fingerprint density at radius 1 is 1.24 bits per heavy atom. The fourth-order valence-electron chi connectivity index (χ4n) is 3.17. The van der Waals surface area contributed by atoms with Crippen LogP contribution < -0.4 is 10.6 Å².